The number of aliphatic hydroxyl groups excluding tert-OH is 1. The number of pyridine rings is 1. The van der Waals surface area contributed by atoms with Gasteiger partial charge in [-0.3, -0.25) is 0 Å². The lowest BCUT2D eigenvalue weighted by Crippen LogP contribution is -2.21. The van der Waals surface area contributed by atoms with E-state index in [1.54, 1.807) is 0 Å². The predicted molar refractivity (Wildman–Crippen MR) is 78.2 cm³/mol. The molecular weight excluding hydrogens is 236 g/mol. The second-order valence-corrected chi connectivity index (χ2v) is 5.67. The molecule has 1 aliphatic rings. The lowest BCUT2D eigenvalue weighted by molar-refractivity contribution is 0.283. The SMILES string of the molecule is CC1CN(c2ncc(CO)c3ccccc23)CC1C. The normalized spacial score (nSPS) is 23.2. The van der Waals surface area contributed by atoms with E-state index in [9.17, 15) is 5.11 Å². The first-order valence-corrected chi connectivity index (χ1v) is 6.93. The summed E-state index contributed by atoms with van der Waals surface area (Å²) < 4.78 is 0. The number of aromatic nitrogens is 1. The minimum Gasteiger partial charge on any atom is -0.392 e. The van der Waals surface area contributed by atoms with Gasteiger partial charge in [0.1, 0.15) is 5.82 Å². The summed E-state index contributed by atoms with van der Waals surface area (Å²) in [5.41, 5.74) is 0.902. The molecule has 2 aromatic rings. The van der Waals surface area contributed by atoms with Gasteiger partial charge in [0, 0.05) is 30.2 Å². The first-order chi connectivity index (χ1) is 9.20. The summed E-state index contributed by atoms with van der Waals surface area (Å²) in [5, 5.41) is 11.7. The van der Waals surface area contributed by atoms with E-state index in [4.69, 9.17) is 0 Å². The second-order valence-electron chi connectivity index (χ2n) is 5.67. The summed E-state index contributed by atoms with van der Waals surface area (Å²) in [6.45, 7) is 6.78. The molecule has 0 radical (unpaired) electrons. The highest BCUT2D eigenvalue weighted by Gasteiger charge is 2.27. The molecule has 0 saturated carbocycles. The van der Waals surface area contributed by atoms with Gasteiger partial charge in [0.25, 0.3) is 0 Å². The Morgan fingerprint density at radius 1 is 1.16 bits per heavy atom. The molecule has 0 spiro atoms. The van der Waals surface area contributed by atoms with Crippen molar-refractivity contribution in [3.05, 3.63) is 36.0 Å². The lowest BCUT2D eigenvalue weighted by Gasteiger charge is -2.20. The summed E-state index contributed by atoms with van der Waals surface area (Å²) >= 11 is 0. The van der Waals surface area contributed by atoms with E-state index >= 15 is 0 Å². The van der Waals surface area contributed by atoms with E-state index in [0.717, 1.165) is 35.2 Å². The predicted octanol–water partition coefficient (Wildman–Crippen LogP) is 2.82. The topological polar surface area (TPSA) is 36.4 Å². The van der Waals surface area contributed by atoms with Crippen molar-refractivity contribution < 1.29 is 5.11 Å². The van der Waals surface area contributed by atoms with Crippen LogP contribution in [-0.2, 0) is 6.61 Å². The van der Waals surface area contributed by atoms with Gasteiger partial charge in [0.05, 0.1) is 6.61 Å². The molecule has 1 aromatic carbocycles. The molecule has 3 nitrogen and oxygen atoms in total. The summed E-state index contributed by atoms with van der Waals surface area (Å²) in [6.07, 6.45) is 1.81. The number of aliphatic hydroxyl groups is 1. The van der Waals surface area contributed by atoms with Crippen LogP contribution in [0.2, 0.25) is 0 Å². The molecular formula is C16H20N2O. The number of benzene rings is 1. The van der Waals surface area contributed by atoms with Crippen molar-refractivity contribution >= 4 is 16.6 Å². The van der Waals surface area contributed by atoms with Crippen LogP contribution >= 0.6 is 0 Å². The molecule has 0 amide bonds. The van der Waals surface area contributed by atoms with Crippen molar-refractivity contribution in [1.29, 1.82) is 0 Å². The van der Waals surface area contributed by atoms with Crippen LogP contribution in [0.25, 0.3) is 10.8 Å². The molecule has 0 aliphatic carbocycles. The Hall–Kier alpha value is -1.61. The van der Waals surface area contributed by atoms with Crippen molar-refractivity contribution in [2.24, 2.45) is 11.8 Å². The maximum absolute atomic E-state index is 9.42. The van der Waals surface area contributed by atoms with E-state index in [-0.39, 0.29) is 6.61 Å². The van der Waals surface area contributed by atoms with Crippen molar-refractivity contribution in [2.75, 3.05) is 18.0 Å². The molecule has 100 valence electrons. The summed E-state index contributed by atoms with van der Waals surface area (Å²) in [7, 11) is 0. The van der Waals surface area contributed by atoms with Gasteiger partial charge in [-0.05, 0) is 17.2 Å². The molecule has 3 rings (SSSR count). The van der Waals surface area contributed by atoms with Gasteiger partial charge in [-0.1, -0.05) is 38.1 Å². The quantitative estimate of drug-likeness (QED) is 0.897. The fourth-order valence-electron chi connectivity index (χ4n) is 2.92. The van der Waals surface area contributed by atoms with E-state index in [2.05, 4.69) is 35.9 Å². The average Bonchev–Trinajstić information content (AvgIpc) is 2.77. The third-order valence-electron chi connectivity index (χ3n) is 4.31. The number of anilines is 1. The molecule has 19 heavy (non-hydrogen) atoms. The highest BCUT2D eigenvalue weighted by molar-refractivity contribution is 5.94. The number of rotatable bonds is 2. The first-order valence-electron chi connectivity index (χ1n) is 6.93. The summed E-state index contributed by atoms with van der Waals surface area (Å²) in [5.74, 6) is 2.47. The monoisotopic (exact) mass is 256 g/mol. The summed E-state index contributed by atoms with van der Waals surface area (Å²) in [6, 6.07) is 8.22. The smallest absolute Gasteiger partial charge is 0.136 e. The van der Waals surface area contributed by atoms with Crippen LogP contribution in [0.15, 0.2) is 30.5 Å². The largest absolute Gasteiger partial charge is 0.392 e. The highest BCUT2D eigenvalue weighted by Crippen LogP contribution is 2.32. The second kappa shape index (κ2) is 4.82. The van der Waals surface area contributed by atoms with E-state index in [1.807, 2.05) is 18.3 Å². The van der Waals surface area contributed by atoms with Gasteiger partial charge in [0.15, 0.2) is 0 Å². The van der Waals surface area contributed by atoms with Crippen molar-refractivity contribution in [3.63, 3.8) is 0 Å². The molecule has 1 aliphatic heterocycles. The maximum atomic E-state index is 9.42. The highest BCUT2D eigenvalue weighted by atomic mass is 16.3. The first kappa shape index (κ1) is 12.4. The van der Waals surface area contributed by atoms with E-state index in [1.165, 1.54) is 0 Å². The molecule has 1 N–H and O–H groups in total. The van der Waals surface area contributed by atoms with Crippen LogP contribution in [-0.4, -0.2) is 23.2 Å². The van der Waals surface area contributed by atoms with Crippen LogP contribution in [0.5, 0.6) is 0 Å². The molecule has 3 heteroatoms. The Kier molecular flexibility index (Phi) is 3.15. The van der Waals surface area contributed by atoms with E-state index < -0.39 is 0 Å². The Morgan fingerprint density at radius 2 is 1.79 bits per heavy atom. The molecule has 2 atom stereocenters. The zero-order valence-corrected chi connectivity index (χ0v) is 11.5. The van der Waals surface area contributed by atoms with Crippen LogP contribution in [0, 0.1) is 11.8 Å². The van der Waals surface area contributed by atoms with Gasteiger partial charge >= 0.3 is 0 Å². The Morgan fingerprint density at radius 3 is 2.42 bits per heavy atom. The summed E-state index contributed by atoms with van der Waals surface area (Å²) in [4.78, 5) is 6.97. The van der Waals surface area contributed by atoms with Crippen LogP contribution in [0.1, 0.15) is 19.4 Å². The van der Waals surface area contributed by atoms with Gasteiger partial charge in [-0.15, -0.1) is 0 Å². The molecule has 2 heterocycles. The Bertz CT molecular complexity index is 586. The Balaban J connectivity index is 2.10. The van der Waals surface area contributed by atoms with Crippen LogP contribution in [0.4, 0.5) is 5.82 Å². The lowest BCUT2D eigenvalue weighted by atomic mass is 10.0. The minimum absolute atomic E-state index is 0.0423. The molecule has 1 saturated heterocycles. The van der Waals surface area contributed by atoms with Gasteiger partial charge in [-0.25, -0.2) is 4.98 Å². The minimum atomic E-state index is 0.0423. The number of hydrogen-bond acceptors (Lipinski definition) is 3. The zero-order valence-electron chi connectivity index (χ0n) is 11.5. The van der Waals surface area contributed by atoms with Crippen molar-refractivity contribution in [1.82, 2.24) is 4.98 Å². The number of hydrogen-bond donors (Lipinski definition) is 1. The average molecular weight is 256 g/mol. The van der Waals surface area contributed by atoms with Crippen LogP contribution < -0.4 is 4.90 Å². The molecule has 0 bridgehead atoms. The van der Waals surface area contributed by atoms with Crippen LogP contribution in [0.3, 0.4) is 0 Å². The third kappa shape index (κ3) is 2.08. The van der Waals surface area contributed by atoms with Gasteiger partial charge in [0.2, 0.25) is 0 Å². The van der Waals surface area contributed by atoms with E-state index in [0.29, 0.717) is 11.8 Å². The molecule has 2 unspecified atom stereocenters. The maximum Gasteiger partial charge on any atom is 0.136 e. The fourth-order valence-corrected chi connectivity index (χ4v) is 2.92. The number of nitrogens with zero attached hydrogens (tertiary/aromatic N) is 2. The molecule has 1 fully saturated rings. The number of fused-ring (bicyclic) bond motifs is 1. The third-order valence-corrected chi connectivity index (χ3v) is 4.31. The van der Waals surface area contributed by atoms with Crippen molar-refractivity contribution in [2.45, 2.75) is 20.5 Å². The van der Waals surface area contributed by atoms with Crippen molar-refractivity contribution in [3.8, 4) is 0 Å². The molecule has 1 aromatic heterocycles. The fraction of sp³-hybridized carbons (Fsp3) is 0.438. The van der Waals surface area contributed by atoms with Gasteiger partial charge < -0.3 is 10.0 Å². The Labute approximate surface area is 113 Å². The zero-order chi connectivity index (χ0) is 13.4. The standard InChI is InChI=1S/C16H20N2O/c1-11-8-18(9-12(11)2)16-15-6-4-3-5-14(15)13(10-19)7-17-16/h3-7,11-12,19H,8-10H2,1-2H3. The van der Waals surface area contributed by atoms with Gasteiger partial charge in [-0.2, -0.15) is 0 Å².